The summed E-state index contributed by atoms with van der Waals surface area (Å²) in [7, 11) is 2.95. The molecule has 0 atom stereocenters. The van der Waals surface area contributed by atoms with Crippen LogP contribution in [0.5, 0.6) is 11.5 Å². The van der Waals surface area contributed by atoms with Crippen molar-refractivity contribution in [1.29, 1.82) is 0 Å². The van der Waals surface area contributed by atoms with Gasteiger partial charge in [-0.2, -0.15) is 0 Å². The lowest BCUT2D eigenvalue weighted by Gasteiger charge is -2.06. The van der Waals surface area contributed by atoms with E-state index in [0.717, 1.165) is 16.2 Å². The van der Waals surface area contributed by atoms with Crippen molar-refractivity contribution >= 4 is 39.2 Å². The molecule has 0 aliphatic heterocycles. The van der Waals surface area contributed by atoms with Crippen LogP contribution in [-0.4, -0.2) is 25.3 Å². The van der Waals surface area contributed by atoms with Crippen LogP contribution in [0.1, 0.15) is 9.67 Å². The number of hydrogen-bond donors (Lipinski definition) is 1. The number of thiophene rings is 1. The Labute approximate surface area is 145 Å². The number of carboxylic acids is 1. The normalized spacial score (nSPS) is 10.8. The minimum Gasteiger partial charge on any atom is -0.497 e. The van der Waals surface area contributed by atoms with E-state index in [-0.39, 0.29) is 16.0 Å². The molecule has 7 heteroatoms. The summed E-state index contributed by atoms with van der Waals surface area (Å²) in [6.45, 7) is 0. The molecule has 1 aromatic heterocycles. The molecule has 3 rings (SSSR count). The smallest absolute Gasteiger partial charge is 0.347 e. The average Bonchev–Trinajstić information content (AvgIpc) is 2.95. The fraction of sp³-hybridized carbons (Fsp3) is 0.118. The molecular formula is C17H13FO4S2. The molecule has 0 spiro atoms. The molecular weight excluding hydrogens is 351 g/mol. The zero-order valence-corrected chi connectivity index (χ0v) is 14.5. The third-order valence-electron chi connectivity index (χ3n) is 3.41. The largest absolute Gasteiger partial charge is 0.497 e. The maximum atomic E-state index is 14.7. The second-order valence-corrected chi connectivity index (χ2v) is 6.93. The number of rotatable bonds is 5. The van der Waals surface area contributed by atoms with Gasteiger partial charge in [0, 0.05) is 19.9 Å². The number of fused-ring (bicyclic) bond motifs is 1. The first-order valence-corrected chi connectivity index (χ1v) is 8.52. The molecule has 0 bridgehead atoms. The lowest BCUT2D eigenvalue weighted by atomic mass is 10.2. The Morgan fingerprint density at radius 2 is 1.83 bits per heavy atom. The van der Waals surface area contributed by atoms with Gasteiger partial charge in [-0.1, -0.05) is 11.8 Å². The first-order valence-electron chi connectivity index (χ1n) is 6.89. The number of carbonyl (C=O) groups is 1. The molecule has 0 saturated heterocycles. The van der Waals surface area contributed by atoms with Crippen LogP contribution in [0.2, 0.25) is 0 Å². The third-order valence-corrected chi connectivity index (χ3v) is 5.80. The summed E-state index contributed by atoms with van der Waals surface area (Å²) in [6.07, 6.45) is 0. The summed E-state index contributed by atoms with van der Waals surface area (Å²) in [5.41, 5.74) is 0. The maximum absolute atomic E-state index is 14.7. The molecule has 0 amide bonds. The van der Waals surface area contributed by atoms with Crippen molar-refractivity contribution in [1.82, 2.24) is 0 Å². The van der Waals surface area contributed by atoms with Gasteiger partial charge in [0.05, 0.1) is 14.2 Å². The zero-order valence-electron chi connectivity index (χ0n) is 12.8. The van der Waals surface area contributed by atoms with Gasteiger partial charge in [-0.15, -0.1) is 11.3 Å². The minimum atomic E-state index is -1.08. The molecule has 1 heterocycles. The van der Waals surface area contributed by atoms with Crippen LogP contribution < -0.4 is 9.47 Å². The van der Waals surface area contributed by atoms with Crippen LogP contribution in [0.15, 0.2) is 46.2 Å². The average molecular weight is 364 g/mol. The number of hydrogen-bond acceptors (Lipinski definition) is 5. The monoisotopic (exact) mass is 364 g/mol. The van der Waals surface area contributed by atoms with E-state index in [9.17, 15) is 14.3 Å². The highest BCUT2D eigenvalue weighted by atomic mass is 32.2. The van der Waals surface area contributed by atoms with Crippen molar-refractivity contribution in [2.45, 2.75) is 9.79 Å². The molecule has 0 radical (unpaired) electrons. The molecule has 4 nitrogen and oxygen atoms in total. The van der Waals surface area contributed by atoms with Gasteiger partial charge in [-0.3, -0.25) is 0 Å². The first-order chi connectivity index (χ1) is 11.5. The Bertz CT molecular complexity index is 903. The van der Waals surface area contributed by atoms with Gasteiger partial charge >= 0.3 is 5.97 Å². The highest BCUT2D eigenvalue weighted by Gasteiger charge is 2.23. The number of aromatic carboxylic acids is 1. The minimum absolute atomic E-state index is 0.0915. The van der Waals surface area contributed by atoms with Gasteiger partial charge in [0.1, 0.15) is 10.6 Å². The highest BCUT2D eigenvalue weighted by Crippen LogP contribution is 2.44. The van der Waals surface area contributed by atoms with E-state index in [4.69, 9.17) is 9.47 Å². The van der Waals surface area contributed by atoms with Gasteiger partial charge in [-0.05, 0) is 36.4 Å². The van der Waals surface area contributed by atoms with Crippen LogP contribution in [0.25, 0.3) is 10.1 Å². The Hall–Kier alpha value is -2.25. The summed E-state index contributed by atoms with van der Waals surface area (Å²) < 4.78 is 25.4. The molecule has 24 heavy (non-hydrogen) atoms. The molecule has 0 fully saturated rings. The van der Waals surface area contributed by atoms with E-state index in [1.807, 2.05) is 0 Å². The predicted octanol–water partition coefficient (Wildman–Crippen LogP) is 4.91. The Morgan fingerprint density at radius 1 is 1.12 bits per heavy atom. The third kappa shape index (κ3) is 2.92. The maximum Gasteiger partial charge on any atom is 0.347 e. The van der Waals surface area contributed by atoms with Gasteiger partial charge < -0.3 is 14.6 Å². The standard InChI is InChI=1S/C17H13FO4S2/c1-21-9-3-5-10(6-4-9)23-15-13-12(24-16(15)17(19)20)8-7-11(22-2)14(13)18/h3-8H,1-2H3,(H,19,20). The molecule has 1 N–H and O–H groups in total. The van der Waals surface area contributed by atoms with E-state index >= 15 is 0 Å². The van der Waals surface area contributed by atoms with Crippen LogP contribution in [0, 0.1) is 5.82 Å². The summed E-state index contributed by atoms with van der Waals surface area (Å²) in [5.74, 6) is -0.838. The van der Waals surface area contributed by atoms with E-state index < -0.39 is 11.8 Å². The topological polar surface area (TPSA) is 55.8 Å². The van der Waals surface area contributed by atoms with Crippen LogP contribution in [0.3, 0.4) is 0 Å². The fourth-order valence-corrected chi connectivity index (χ4v) is 4.50. The Balaban J connectivity index is 2.15. The van der Waals surface area contributed by atoms with Crippen molar-refractivity contribution < 1.29 is 23.8 Å². The number of carboxylic acid groups (broad SMARTS) is 1. The molecule has 0 saturated carbocycles. The lowest BCUT2D eigenvalue weighted by molar-refractivity contribution is 0.0699. The van der Waals surface area contributed by atoms with Crippen molar-refractivity contribution in [3.8, 4) is 11.5 Å². The molecule has 0 unspecified atom stereocenters. The molecule has 2 aromatic carbocycles. The van der Waals surface area contributed by atoms with Crippen molar-refractivity contribution in [3.05, 3.63) is 47.1 Å². The van der Waals surface area contributed by atoms with Gasteiger partial charge in [0.25, 0.3) is 0 Å². The van der Waals surface area contributed by atoms with Crippen molar-refractivity contribution in [2.24, 2.45) is 0 Å². The molecule has 124 valence electrons. The second-order valence-electron chi connectivity index (χ2n) is 4.80. The zero-order chi connectivity index (χ0) is 17.3. The van der Waals surface area contributed by atoms with Crippen LogP contribution in [0.4, 0.5) is 4.39 Å². The fourth-order valence-electron chi connectivity index (χ4n) is 2.26. The summed E-state index contributed by atoms with van der Waals surface area (Å²) >= 11 is 2.26. The van der Waals surface area contributed by atoms with Gasteiger partial charge in [-0.25, -0.2) is 9.18 Å². The van der Waals surface area contributed by atoms with Crippen molar-refractivity contribution in [2.75, 3.05) is 14.2 Å². The Morgan fingerprint density at radius 3 is 2.42 bits per heavy atom. The van der Waals surface area contributed by atoms with Crippen LogP contribution >= 0.6 is 23.1 Å². The number of ether oxygens (including phenoxy) is 2. The quantitative estimate of drug-likeness (QED) is 0.697. The van der Waals surface area contributed by atoms with E-state index in [1.54, 1.807) is 37.4 Å². The number of benzene rings is 2. The summed E-state index contributed by atoms with van der Waals surface area (Å²) in [4.78, 5) is 12.9. The van der Waals surface area contributed by atoms with Gasteiger partial charge in [0.2, 0.25) is 0 Å². The number of methoxy groups -OCH3 is 2. The molecule has 0 aliphatic carbocycles. The second kappa shape index (κ2) is 6.70. The van der Waals surface area contributed by atoms with E-state index in [0.29, 0.717) is 15.3 Å². The SMILES string of the molecule is COc1ccc(Sc2c(C(=O)O)sc3ccc(OC)c(F)c23)cc1. The Kier molecular flexibility index (Phi) is 4.64. The van der Waals surface area contributed by atoms with E-state index in [1.165, 1.54) is 24.9 Å². The predicted molar refractivity (Wildman–Crippen MR) is 92.4 cm³/mol. The lowest BCUT2D eigenvalue weighted by Crippen LogP contribution is -1.94. The van der Waals surface area contributed by atoms with Crippen molar-refractivity contribution in [3.63, 3.8) is 0 Å². The number of halogens is 1. The van der Waals surface area contributed by atoms with E-state index in [2.05, 4.69) is 0 Å². The van der Waals surface area contributed by atoms with Crippen LogP contribution in [-0.2, 0) is 0 Å². The summed E-state index contributed by atoms with van der Waals surface area (Å²) in [6, 6.07) is 10.3. The van der Waals surface area contributed by atoms with Gasteiger partial charge in [0.15, 0.2) is 11.6 Å². The summed E-state index contributed by atoms with van der Waals surface area (Å²) in [5, 5.41) is 9.74. The highest BCUT2D eigenvalue weighted by molar-refractivity contribution is 7.99. The molecule has 3 aromatic rings. The molecule has 0 aliphatic rings. The first kappa shape index (κ1) is 16.6.